The summed E-state index contributed by atoms with van der Waals surface area (Å²) in [5.74, 6) is -0.569. The molecule has 1 aliphatic heterocycles. The number of rotatable bonds is 4. The fourth-order valence-corrected chi connectivity index (χ4v) is 3.25. The van der Waals surface area contributed by atoms with E-state index in [1.165, 1.54) is 12.1 Å². The normalized spacial score (nSPS) is 17.4. The zero-order chi connectivity index (χ0) is 18.2. The monoisotopic (exact) mass is 358 g/mol. The number of hydrogen-bond donors (Lipinski definition) is 2. The van der Waals surface area contributed by atoms with E-state index < -0.39 is 15.9 Å². The molecule has 130 valence electrons. The van der Waals surface area contributed by atoms with E-state index in [2.05, 4.69) is 5.10 Å². The maximum atomic E-state index is 11.6. The van der Waals surface area contributed by atoms with Crippen LogP contribution in [0.5, 0.6) is 0 Å². The number of amides is 1. The molecule has 0 spiro atoms. The first-order chi connectivity index (χ1) is 11.8. The van der Waals surface area contributed by atoms with Gasteiger partial charge < -0.3 is 5.73 Å². The summed E-state index contributed by atoms with van der Waals surface area (Å²) < 4.78 is 22.8. The van der Waals surface area contributed by atoms with E-state index in [4.69, 9.17) is 10.9 Å². The molecule has 4 N–H and O–H groups in total. The van der Waals surface area contributed by atoms with Crippen LogP contribution in [0.15, 0.2) is 58.5 Å². The van der Waals surface area contributed by atoms with Crippen molar-refractivity contribution in [3.05, 3.63) is 59.7 Å². The summed E-state index contributed by atoms with van der Waals surface area (Å²) in [4.78, 5) is 11.6. The summed E-state index contributed by atoms with van der Waals surface area (Å²) in [6.45, 7) is 1.99. The van der Waals surface area contributed by atoms with Crippen molar-refractivity contribution < 1.29 is 13.2 Å². The van der Waals surface area contributed by atoms with Gasteiger partial charge in [0.25, 0.3) is 5.91 Å². The molecule has 0 saturated carbocycles. The molecule has 1 aliphatic rings. The number of nitrogens with two attached hydrogens (primary N) is 2. The smallest absolute Gasteiger partial charge is 0.265 e. The minimum absolute atomic E-state index is 0.0152. The third-order valence-electron chi connectivity index (χ3n) is 4.09. The number of hydrazone groups is 1. The average Bonchev–Trinajstić information content (AvgIpc) is 3.00. The average molecular weight is 358 g/mol. The van der Waals surface area contributed by atoms with Crippen LogP contribution in [-0.4, -0.2) is 20.0 Å². The van der Waals surface area contributed by atoms with Gasteiger partial charge in [-0.25, -0.2) is 13.6 Å². The number of primary sulfonamides is 1. The zero-order valence-corrected chi connectivity index (χ0v) is 14.4. The second kappa shape index (κ2) is 6.30. The quantitative estimate of drug-likeness (QED) is 0.859. The van der Waals surface area contributed by atoms with Crippen molar-refractivity contribution in [3.8, 4) is 0 Å². The van der Waals surface area contributed by atoms with Crippen LogP contribution in [0.1, 0.15) is 23.6 Å². The first kappa shape index (κ1) is 17.1. The Balaban J connectivity index is 1.99. The molecule has 0 aliphatic carbocycles. The molecule has 0 aromatic heterocycles. The predicted molar refractivity (Wildman–Crippen MR) is 95.5 cm³/mol. The largest absolute Gasteiger partial charge is 0.364 e. The minimum Gasteiger partial charge on any atom is -0.364 e. The number of benzene rings is 2. The van der Waals surface area contributed by atoms with Crippen molar-refractivity contribution in [2.75, 3.05) is 5.01 Å². The van der Waals surface area contributed by atoms with Crippen molar-refractivity contribution in [2.45, 2.75) is 24.3 Å². The van der Waals surface area contributed by atoms with Gasteiger partial charge in [-0.15, -0.1) is 0 Å². The molecule has 2 aromatic rings. The number of aryl methyl sites for hydroxylation is 1. The molecule has 1 heterocycles. The van der Waals surface area contributed by atoms with E-state index in [0.29, 0.717) is 12.1 Å². The number of anilines is 1. The van der Waals surface area contributed by atoms with Crippen LogP contribution in [0, 0.1) is 6.92 Å². The van der Waals surface area contributed by atoms with E-state index in [9.17, 15) is 13.2 Å². The molecule has 3 rings (SSSR count). The van der Waals surface area contributed by atoms with E-state index in [1.54, 1.807) is 17.1 Å². The summed E-state index contributed by atoms with van der Waals surface area (Å²) in [5.41, 5.74) is 8.43. The van der Waals surface area contributed by atoms with Gasteiger partial charge in [-0.05, 0) is 36.8 Å². The topological polar surface area (TPSA) is 119 Å². The van der Waals surface area contributed by atoms with Gasteiger partial charge in [0.05, 0.1) is 16.6 Å². The maximum absolute atomic E-state index is 11.6. The molecule has 2 aromatic carbocycles. The molecule has 1 atom stereocenters. The Morgan fingerprint density at radius 3 is 2.24 bits per heavy atom. The highest BCUT2D eigenvalue weighted by Gasteiger charge is 2.31. The summed E-state index contributed by atoms with van der Waals surface area (Å²) in [6.07, 6.45) is 0.384. The third kappa shape index (κ3) is 3.54. The van der Waals surface area contributed by atoms with E-state index in [-0.39, 0.29) is 16.6 Å². The fraction of sp³-hybridized carbons (Fsp3) is 0.176. The predicted octanol–water partition coefficient (Wildman–Crippen LogP) is 1.44. The number of nitrogens with zero attached hydrogens (tertiary/aromatic N) is 2. The highest BCUT2D eigenvalue weighted by atomic mass is 32.2. The van der Waals surface area contributed by atoms with Gasteiger partial charge in [-0.1, -0.05) is 29.8 Å². The van der Waals surface area contributed by atoms with Crippen LogP contribution in [0.4, 0.5) is 5.69 Å². The van der Waals surface area contributed by atoms with Gasteiger partial charge in [0, 0.05) is 6.42 Å². The zero-order valence-electron chi connectivity index (χ0n) is 13.6. The van der Waals surface area contributed by atoms with Gasteiger partial charge in [-0.3, -0.25) is 9.80 Å². The first-order valence-electron chi connectivity index (χ1n) is 7.61. The van der Waals surface area contributed by atoms with Gasteiger partial charge in [0.15, 0.2) is 0 Å². The van der Waals surface area contributed by atoms with Crippen LogP contribution >= 0.6 is 0 Å². The molecule has 25 heavy (non-hydrogen) atoms. The summed E-state index contributed by atoms with van der Waals surface area (Å²) in [5, 5.41) is 11.1. The second-order valence-electron chi connectivity index (χ2n) is 5.93. The minimum atomic E-state index is -3.77. The lowest BCUT2D eigenvalue weighted by molar-refractivity contribution is -0.112. The van der Waals surface area contributed by atoms with Crippen LogP contribution in [-0.2, 0) is 14.8 Å². The molecule has 7 nitrogen and oxygen atoms in total. The lowest BCUT2D eigenvalue weighted by Crippen LogP contribution is -2.22. The van der Waals surface area contributed by atoms with Crippen LogP contribution in [0.3, 0.4) is 0 Å². The van der Waals surface area contributed by atoms with Gasteiger partial charge in [0.1, 0.15) is 5.71 Å². The molecule has 0 radical (unpaired) electrons. The highest BCUT2D eigenvalue weighted by Crippen LogP contribution is 2.35. The number of carbonyl (C=O) groups is 1. The van der Waals surface area contributed by atoms with Crippen molar-refractivity contribution in [2.24, 2.45) is 16.0 Å². The van der Waals surface area contributed by atoms with E-state index in [0.717, 1.165) is 11.1 Å². The molecule has 1 unspecified atom stereocenters. The first-order valence-corrected chi connectivity index (χ1v) is 9.16. The summed E-state index contributed by atoms with van der Waals surface area (Å²) >= 11 is 0. The highest BCUT2D eigenvalue weighted by molar-refractivity contribution is 7.89. The molecular formula is C17H18N4O3S. The Kier molecular flexibility index (Phi) is 4.32. The Bertz CT molecular complexity index is 935. The summed E-state index contributed by atoms with van der Waals surface area (Å²) in [6, 6.07) is 13.8. The van der Waals surface area contributed by atoms with Crippen LogP contribution < -0.4 is 15.9 Å². The van der Waals surface area contributed by atoms with Gasteiger partial charge >= 0.3 is 0 Å². The fourth-order valence-electron chi connectivity index (χ4n) is 2.73. The Morgan fingerprint density at radius 1 is 1.12 bits per heavy atom. The van der Waals surface area contributed by atoms with Gasteiger partial charge in [-0.2, -0.15) is 5.10 Å². The molecule has 1 amide bonds. The van der Waals surface area contributed by atoms with Crippen molar-refractivity contribution in [1.29, 1.82) is 0 Å². The number of hydrogen-bond acceptors (Lipinski definition) is 5. The number of primary amides is 1. The third-order valence-corrected chi connectivity index (χ3v) is 5.02. The second-order valence-corrected chi connectivity index (χ2v) is 7.49. The Hall–Kier alpha value is -2.71. The summed E-state index contributed by atoms with van der Waals surface area (Å²) in [7, 11) is -3.77. The van der Waals surface area contributed by atoms with Crippen molar-refractivity contribution in [3.63, 3.8) is 0 Å². The Labute approximate surface area is 146 Å². The SMILES string of the molecule is Cc1ccc(C2CC(C(N)=O)=NN2c2ccc(S(N)(=O)=O)cc2)cc1. The van der Waals surface area contributed by atoms with Crippen LogP contribution in [0.2, 0.25) is 0 Å². The molecule has 0 fully saturated rings. The van der Waals surface area contributed by atoms with Crippen molar-refractivity contribution >= 4 is 27.3 Å². The molecule has 8 heteroatoms. The lowest BCUT2D eigenvalue weighted by atomic mass is 10.00. The molecular weight excluding hydrogens is 340 g/mol. The number of carbonyl (C=O) groups excluding carboxylic acids is 1. The van der Waals surface area contributed by atoms with E-state index in [1.807, 2.05) is 31.2 Å². The lowest BCUT2D eigenvalue weighted by Gasteiger charge is -2.24. The molecule has 0 saturated heterocycles. The number of sulfonamides is 1. The van der Waals surface area contributed by atoms with Gasteiger partial charge in [0.2, 0.25) is 10.0 Å². The Morgan fingerprint density at radius 2 is 1.72 bits per heavy atom. The standard InChI is InChI=1S/C17H18N4O3S/c1-11-2-4-12(5-3-11)16-10-15(17(18)22)20-21(16)13-6-8-14(9-7-13)25(19,23)24/h2-9,16H,10H2,1H3,(H2,18,22)(H2,19,23,24). The van der Waals surface area contributed by atoms with E-state index >= 15 is 0 Å². The maximum Gasteiger partial charge on any atom is 0.265 e. The van der Waals surface area contributed by atoms with Crippen molar-refractivity contribution in [1.82, 2.24) is 0 Å². The molecule has 0 bridgehead atoms. The van der Waals surface area contributed by atoms with Crippen LogP contribution in [0.25, 0.3) is 0 Å².